The molecule has 6 aromatic rings. The van der Waals surface area contributed by atoms with Gasteiger partial charge >= 0.3 is 0 Å². The normalized spacial score (nSPS) is 17.1. The molecule has 0 radical (unpaired) electrons. The Bertz CT molecular complexity index is 2420. The van der Waals surface area contributed by atoms with E-state index in [0.717, 1.165) is 12.8 Å². The van der Waals surface area contributed by atoms with Crippen LogP contribution in [0.3, 0.4) is 0 Å². The van der Waals surface area contributed by atoms with Crippen molar-refractivity contribution in [2.45, 2.75) is 84.5 Å². The van der Waals surface area contributed by atoms with Crippen molar-refractivity contribution < 1.29 is 9.13 Å². The molecule has 2 nitrogen and oxygen atoms in total. The summed E-state index contributed by atoms with van der Waals surface area (Å²) in [4.78, 5) is 0. The summed E-state index contributed by atoms with van der Waals surface area (Å²) < 4.78 is 5.02. The zero-order chi connectivity index (χ0) is 34.0. The lowest BCUT2D eigenvalue weighted by atomic mass is 9.78. The molecule has 2 heteroatoms. The maximum atomic E-state index is 2.54. The van der Waals surface area contributed by atoms with Gasteiger partial charge in [-0.3, -0.25) is 0 Å². The van der Waals surface area contributed by atoms with Crippen LogP contribution in [-0.2, 0) is 29.1 Å². The molecular formula is C47H46N2+2. The first kappa shape index (κ1) is 30.3. The molecule has 0 saturated carbocycles. The van der Waals surface area contributed by atoms with E-state index >= 15 is 0 Å². The topological polar surface area (TPSA) is 7.76 Å². The van der Waals surface area contributed by atoms with Crippen LogP contribution in [0.4, 0.5) is 0 Å². The SMILES string of the molecule is CC(C)(C)c1ccc2c(c1)C/C(=C1/Cc3cc4c(cc3-c3cccc[n+]31)C(C)(C)c1c-4ccc3ccccc13)[n+]1cc(C(C)(C)C)ccc1-2. The summed E-state index contributed by atoms with van der Waals surface area (Å²) in [5.41, 5.74) is 19.3. The highest BCUT2D eigenvalue weighted by molar-refractivity contribution is 5.98. The van der Waals surface area contributed by atoms with Crippen LogP contribution in [-0.4, -0.2) is 0 Å². The molecule has 2 aromatic heterocycles. The largest absolute Gasteiger partial charge is 0.259 e. The van der Waals surface area contributed by atoms with Gasteiger partial charge in [-0.2, -0.15) is 9.13 Å². The van der Waals surface area contributed by atoms with Crippen molar-refractivity contribution in [1.29, 1.82) is 0 Å². The summed E-state index contributed by atoms with van der Waals surface area (Å²) >= 11 is 0. The van der Waals surface area contributed by atoms with Crippen LogP contribution in [0.5, 0.6) is 0 Å². The summed E-state index contributed by atoms with van der Waals surface area (Å²) in [6.45, 7) is 18.7. The van der Waals surface area contributed by atoms with Gasteiger partial charge in [-0.25, -0.2) is 0 Å². The fraction of sp³-hybridized carbons (Fsp3) is 0.277. The van der Waals surface area contributed by atoms with Gasteiger partial charge in [-0.05, 0) is 90.9 Å². The molecule has 2 aliphatic heterocycles. The van der Waals surface area contributed by atoms with Gasteiger partial charge in [0.05, 0.1) is 24.0 Å². The first-order valence-corrected chi connectivity index (χ1v) is 17.9. The molecule has 0 unspecified atom stereocenters. The highest BCUT2D eigenvalue weighted by atomic mass is 15.1. The lowest BCUT2D eigenvalue weighted by Crippen LogP contribution is -2.47. The molecule has 0 saturated heterocycles. The van der Waals surface area contributed by atoms with E-state index in [1.165, 1.54) is 89.2 Å². The summed E-state index contributed by atoms with van der Waals surface area (Å²) in [6, 6.07) is 37.2. The van der Waals surface area contributed by atoms with E-state index in [1.54, 1.807) is 0 Å². The number of benzene rings is 4. The molecule has 0 bridgehead atoms. The van der Waals surface area contributed by atoms with E-state index in [4.69, 9.17) is 0 Å². The lowest BCUT2D eigenvalue weighted by molar-refractivity contribution is -0.602. The minimum atomic E-state index is -0.0884. The summed E-state index contributed by atoms with van der Waals surface area (Å²) in [6.07, 6.45) is 6.48. The van der Waals surface area contributed by atoms with Crippen LogP contribution in [0, 0.1) is 0 Å². The third-order valence-electron chi connectivity index (χ3n) is 11.6. The molecule has 0 spiro atoms. The number of pyridine rings is 2. The fourth-order valence-electron chi connectivity index (χ4n) is 8.83. The lowest BCUT2D eigenvalue weighted by Gasteiger charge is -2.26. The van der Waals surface area contributed by atoms with Crippen LogP contribution in [0.2, 0.25) is 0 Å². The Morgan fingerprint density at radius 3 is 1.98 bits per heavy atom. The predicted octanol–water partition coefficient (Wildman–Crippen LogP) is 10.6. The Kier molecular flexibility index (Phi) is 6.24. The third-order valence-corrected chi connectivity index (χ3v) is 11.6. The molecule has 0 N–H and O–H groups in total. The van der Waals surface area contributed by atoms with Gasteiger partial charge in [0.15, 0.2) is 12.4 Å². The van der Waals surface area contributed by atoms with Crippen LogP contribution < -0.4 is 9.13 Å². The number of rotatable bonds is 0. The number of hydrogen-bond donors (Lipinski definition) is 0. The molecule has 4 heterocycles. The Balaban J connectivity index is 1.29. The van der Waals surface area contributed by atoms with Crippen molar-refractivity contribution in [2.75, 3.05) is 0 Å². The minimum Gasteiger partial charge on any atom is -0.158 e. The Hall–Kier alpha value is -4.82. The number of nitrogens with zero attached hydrogens (tertiary/aromatic N) is 2. The van der Waals surface area contributed by atoms with Gasteiger partial charge in [0, 0.05) is 29.2 Å². The van der Waals surface area contributed by atoms with Gasteiger partial charge in [-0.1, -0.05) is 104 Å². The molecule has 0 amide bonds. The molecular weight excluding hydrogens is 593 g/mol. The highest BCUT2D eigenvalue weighted by Gasteiger charge is 2.43. The van der Waals surface area contributed by atoms with Gasteiger partial charge in [0.2, 0.25) is 11.4 Å². The predicted molar refractivity (Wildman–Crippen MR) is 203 cm³/mol. The van der Waals surface area contributed by atoms with E-state index in [9.17, 15) is 0 Å². The molecule has 242 valence electrons. The molecule has 1 aliphatic carbocycles. The molecule has 0 fully saturated rings. The van der Waals surface area contributed by atoms with Crippen molar-refractivity contribution in [3.05, 3.63) is 143 Å². The van der Waals surface area contributed by atoms with Gasteiger partial charge < -0.3 is 0 Å². The van der Waals surface area contributed by atoms with Crippen molar-refractivity contribution in [3.63, 3.8) is 0 Å². The Morgan fingerprint density at radius 2 is 1.20 bits per heavy atom. The first-order valence-electron chi connectivity index (χ1n) is 17.9. The smallest absolute Gasteiger partial charge is 0.158 e. The maximum Gasteiger partial charge on any atom is 0.259 e. The zero-order valence-corrected chi connectivity index (χ0v) is 30.2. The molecule has 4 aromatic carbocycles. The van der Waals surface area contributed by atoms with E-state index in [1.807, 2.05) is 0 Å². The third kappa shape index (κ3) is 4.46. The van der Waals surface area contributed by atoms with Gasteiger partial charge in [-0.15, -0.1) is 0 Å². The van der Waals surface area contributed by atoms with E-state index in [-0.39, 0.29) is 16.2 Å². The standard InChI is InChI=1S/C47H46N2/c1-45(2,3)32-17-20-34-30(23-32)25-43(49-28-33(46(4,5)6)18-21-41(34)49)42-26-31-24-38-36-19-16-29-13-9-10-14-35(29)44(36)47(7,8)39(38)27-37(31)40-15-11-12-22-48(40)42/h9-24,27-28H,25-26H2,1-8H3/q+2/b43-42+. The second kappa shape index (κ2) is 10.1. The molecule has 49 heavy (non-hydrogen) atoms. The molecule has 0 atom stereocenters. The zero-order valence-electron chi connectivity index (χ0n) is 30.2. The van der Waals surface area contributed by atoms with E-state index < -0.39 is 0 Å². The Morgan fingerprint density at radius 1 is 0.551 bits per heavy atom. The fourth-order valence-corrected chi connectivity index (χ4v) is 8.83. The van der Waals surface area contributed by atoms with Crippen LogP contribution in [0.15, 0.2) is 109 Å². The molecule has 9 rings (SSSR count). The average Bonchev–Trinajstić information content (AvgIpc) is 3.31. The average molecular weight is 639 g/mol. The highest BCUT2D eigenvalue weighted by Crippen LogP contribution is 2.53. The number of fused-ring (bicyclic) bond motifs is 11. The molecule has 3 aliphatic rings. The van der Waals surface area contributed by atoms with Crippen molar-refractivity contribution in [2.24, 2.45) is 0 Å². The monoisotopic (exact) mass is 638 g/mol. The summed E-state index contributed by atoms with van der Waals surface area (Å²) in [7, 11) is 0. The second-order valence-corrected chi connectivity index (χ2v) is 17.1. The number of aromatic nitrogens is 2. The van der Waals surface area contributed by atoms with E-state index in [0.29, 0.717) is 0 Å². The first-order chi connectivity index (χ1) is 23.3. The summed E-state index contributed by atoms with van der Waals surface area (Å²) in [5, 5.41) is 2.69. The van der Waals surface area contributed by atoms with Crippen molar-refractivity contribution in [3.8, 4) is 33.6 Å². The van der Waals surface area contributed by atoms with Crippen LogP contribution >= 0.6 is 0 Å². The minimum absolute atomic E-state index is 0.0450. The van der Waals surface area contributed by atoms with Gasteiger partial charge in [0.1, 0.15) is 0 Å². The van der Waals surface area contributed by atoms with Crippen LogP contribution in [0.25, 0.3) is 55.8 Å². The van der Waals surface area contributed by atoms with Crippen molar-refractivity contribution >= 4 is 22.2 Å². The Labute approximate surface area is 291 Å². The van der Waals surface area contributed by atoms with Crippen LogP contribution in [0.1, 0.15) is 88.8 Å². The number of allylic oxidation sites excluding steroid dienone is 2. The van der Waals surface area contributed by atoms with E-state index in [2.05, 4.69) is 174 Å². The quantitative estimate of drug-likeness (QED) is 0.146. The second-order valence-electron chi connectivity index (χ2n) is 17.1. The van der Waals surface area contributed by atoms with Crippen molar-refractivity contribution in [1.82, 2.24) is 0 Å². The summed E-state index contributed by atoms with van der Waals surface area (Å²) in [5.74, 6) is 0. The number of hydrogen-bond acceptors (Lipinski definition) is 0. The van der Waals surface area contributed by atoms with Gasteiger partial charge in [0.25, 0.3) is 11.4 Å². The maximum absolute atomic E-state index is 2.54.